The topological polar surface area (TPSA) is 15.3 Å². The molecule has 0 aliphatic heterocycles. The van der Waals surface area contributed by atoms with E-state index in [-0.39, 0.29) is 0 Å². The van der Waals surface area contributed by atoms with E-state index < -0.39 is 0 Å². The van der Waals surface area contributed by atoms with Gasteiger partial charge in [0.05, 0.1) is 0 Å². The largest absolute Gasteiger partial charge is 0.315 e. The van der Waals surface area contributed by atoms with Crippen LogP contribution in [0.5, 0.6) is 0 Å². The van der Waals surface area contributed by atoms with E-state index in [2.05, 4.69) is 48.5 Å². The average Bonchev–Trinajstić information content (AvgIpc) is 2.78. The first-order chi connectivity index (χ1) is 7.77. The Kier molecular flexibility index (Phi) is 6.69. The summed E-state index contributed by atoms with van der Waals surface area (Å²) < 4.78 is 0. The van der Waals surface area contributed by atoms with Crippen LogP contribution in [0.4, 0.5) is 0 Å². The number of nitrogens with one attached hydrogen (secondary N) is 1. The second-order valence-corrected chi connectivity index (χ2v) is 5.23. The minimum Gasteiger partial charge on any atom is -0.315 e. The quantitative estimate of drug-likeness (QED) is 0.703. The fraction of sp³-hybridized carbons (Fsp3) is 0.692. The zero-order valence-corrected chi connectivity index (χ0v) is 11.5. The number of thiophene rings is 1. The highest BCUT2D eigenvalue weighted by Crippen LogP contribution is 2.13. The van der Waals surface area contributed by atoms with Crippen molar-refractivity contribution < 1.29 is 0 Å². The highest BCUT2D eigenvalue weighted by molar-refractivity contribution is 7.09. The lowest BCUT2D eigenvalue weighted by molar-refractivity contribution is 0.208. The number of hydrogen-bond donors (Lipinski definition) is 1. The summed E-state index contributed by atoms with van der Waals surface area (Å²) in [5.74, 6) is 0. The second kappa shape index (κ2) is 7.82. The molecule has 1 rings (SSSR count). The fourth-order valence-corrected chi connectivity index (χ4v) is 2.53. The van der Waals surface area contributed by atoms with Crippen LogP contribution < -0.4 is 5.32 Å². The van der Waals surface area contributed by atoms with Crippen LogP contribution >= 0.6 is 11.3 Å². The fourth-order valence-electron chi connectivity index (χ4n) is 1.80. The maximum absolute atomic E-state index is 3.49. The molecule has 0 fully saturated rings. The van der Waals surface area contributed by atoms with Crippen LogP contribution in [-0.2, 0) is 6.54 Å². The third-order valence-corrected chi connectivity index (χ3v) is 3.70. The predicted octanol–water partition coefficient (Wildman–Crippen LogP) is 2.96. The van der Waals surface area contributed by atoms with E-state index in [1.54, 1.807) is 0 Å². The molecular weight excluding hydrogens is 216 g/mol. The van der Waals surface area contributed by atoms with E-state index >= 15 is 0 Å². The summed E-state index contributed by atoms with van der Waals surface area (Å²) in [6.45, 7) is 11.2. The molecule has 16 heavy (non-hydrogen) atoms. The van der Waals surface area contributed by atoms with Gasteiger partial charge in [-0.3, -0.25) is 4.90 Å². The van der Waals surface area contributed by atoms with E-state index in [1.165, 1.54) is 11.3 Å². The summed E-state index contributed by atoms with van der Waals surface area (Å²) in [4.78, 5) is 3.98. The van der Waals surface area contributed by atoms with Gasteiger partial charge in [-0.15, -0.1) is 11.3 Å². The summed E-state index contributed by atoms with van der Waals surface area (Å²) >= 11 is 1.85. The smallest absolute Gasteiger partial charge is 0.0331 e. The van der Waals surface area contributed by atoms with E-state index in [4.69, 9.17) is 0 Å². The minimum atomic E-state index is 0.610. The third kappa shape index (κ3) is 4.64. The summed E-state index contributed by atoms with van der Waals surface area (Å²) in [7, 11) is 0. The predicted molar refractivity (Wildman–Crippen MR) is 73.0 cm³/mol. The van der Waals surface area contributed by atoms with Crippen LogP contribution in [0.2, 0.25) is 0 Å². The van der Waals surface area contributed by atoms with Crippen LogP contribution in [0.3, 0.4) is 0 Å². The number of likely N-dealkylation sites (N-methyl/N-ethyl adjacent to an activating group) is 1. The van der Waals surface area contributed by atoms with Gasteiger partial charge in [-0.2, -0.15) is 0 Å². The normalized spacial score (nSPS) is 13.2. The molecular formula is C13H24N2S. The molecule has 1 aromatic heterocycles. The molecule has 0 radical (unpaired) electrons. The summed E-state index contributed by atoms with van der Waals surface area (Å²) in [6.07, 6.45) is 1.21. The van der Waals surface area contributed by atoms with Gasteiger partial charge in [-0.05, 0) is 37.9 Å². The van der Waals surface area contributed by atoms with Gasteiger partial charge in [0.25, 0.3) is 0 Å². The van der Waals surface area contributed by atoms with Crippen molar-refractivity contribution in [2.24, 2.45) is 0 Å². The third-order valence-electron chi connectivity index (χ3n) is 2.84. The van der Waals surface area contributed by atoms with Crippen LogP contribution in [-0.4, -0.2) is 30.6 Å². The second-order valence-electron chi connectivity index (χ2n) is 4.20. The lowest BCUT2D eigenvalue weighted by atomic mass is 10.2. The Bertz CT molecular complexity index is 259. The Morgan fingerprint density at radius 1 is 1.44 bits per heavy atom. The van der Waals surface area contributed by atoms with Gasteiger partial charge in [0, 0.05) is 24.0 Å². The van der Waals surface area contributed by atoms with Crippen molar-refractivity contribution in [1.29, 1.82) is 0 Å². The molecule has 0 aliphatic rings. The molecule has 92 valence electrons. The molecule has 1 heterocycles. The minimum absolute atomic E-state index is 0.610. The molecule has 2 nitrogen and oxygen atoms in total. The molecule has 0 saturated heterocycles. The molecule has 1 unspecified atom stereocenters. The number of hydrogen-bond acceptors (Lipinski definition) is 3. The first-order valence-electron chi connectivity index (χ1n) is 6.25. The van der Waals surface area contributed by atoms with Crippen LogP contribution in [0, 0.1) is 0 Å². The van der Waals surface area contributed by atoms with Crippen LogP contribution in [0.15, 0.2) is 17.5 Å². The first kappa shape index (κ1) is 13.7. The van der Waals surface area contributed by atoms with Crippen molar-refractivity contribution in [3.63, 3.8) is 0 Å². The monoisotopic (exact) mass is 240 g/mol. The highest BCUT2D eigenvalue weighted by Gasteiger charge is 2.12. The summed E-state index contributed by atoms with van der Waals surface area (Å²) in [5, 5.41) is 5.65. The Labute approximate surface area is 104 Å². The summed E-state index contributed by atoms with van der Waals surface area (Å²) in [5.41, 5.74) is 0. The van der Waals surface area contributed by atoms with Crippen molar-refractivity contribution in [1.82, 2.24) is 10.2 Å². The Morgan fingerprint density at radius 2 is 2.25 bits per heavy atom. The molecule has 3 heteroatoms. The van der Waals surface area contributed by atoms with Crippen molar-refractivity contribution >= 4 is 11.3 Å². The van der Waals surface area contributed by atoms with Gasteiger partial charge < -0.3 is 5.32 Å². The van der Waals surface area contributed by atoms with E-state index in [0.717, 1.165) is 26.2 Å². The zero-order valence-electron chi connectivity index (χ0n) is 10.7. The standard InChI is InChI=1S/C13H24N2S/c1-4-8-14-10-12(3)15(5-2)11-13-7-6-9-16-13/h6-7,9,12,14H,4-5,8,10-11H2,1-3H3. The van der Waals surface area contributed by atoms with Crippen molar-refractivity contribution in [2.75, 3.05) is 19.6 Å². The Morgan fingerprint density at radius 3 is 2.81 bits per heavy atom. The van der Waals surface area contributed by atoms with Gasteiger partial charge in [0.15, 0.2) is 0 Å². The molecule has 0 saturated carbocycles. The molecule has 0 aliphatic carbocycles. The van der Waals surface area contributed by atoms with Crippen molar-refractivity contribution in [3.8, 4) is 0 Å². The lowest BCUT2D eigenvalue weighted by Crippen LogP contribution is -2.39. The van der Waals surface area contributed by atoms with Crippen LogP contribution in [0.1, 0.15) is 32.1 Å². The molecule has 0 amide bonds. The number of nitrogens with zero attached hydrogens (tertiary/aromatic N) is 1. The van der Waals surface area contributed by atoms with Crippen molar-refractivity contribution in [3.05, 3.63) is 22.4 Å². The van der Waals surface area contributed by atoms with Crippen LogP contribution in [0.25, 0.3) is 0 Å². The van der Waals surface area contributed by atoms with Gasteiger partial charge in [-0.25, -0.2) is 0 Å². The highest BCUT2D eigenvalue weighted by atomic mass is 32.1. The molecule has 1 aromatic rings. The molecule has 1 N–H and O–H groups in total. The molecule has 0 aromatic carbocycles. The molecule has 1 atom stereocenters. The van der Waals surface area contributed by atoms with Gasteiger partial charge >= 0.3 is 0 Å². The molecule has 0 bridgehead atoms. The van der Waals surface area contributed by atoms with Crippen molar-refractivity contribution in [2.45, 2.75) is 39.8 Å². The van der Waals surface area contributed by atoms with E-state index in [0.29, 0.717) is 6.04 Å². The van der Waals surface area contributed by atoms with E-state index in [1.807, 2.05) is 11.3 Å². The maximum Gasteiger partial charge on any atom is 0.0331 e. The first-order valence-corrected chi connectivity index (χ1v) is 7.13. The Balaban J connectivity index is 2.34. The van der Waals surface area contributed by atoms with E-state index in [9.17, 15) is 0 Å². The summed E-state index contributed by atoms with van der Waals surface area (Å²) in [6, 6.07) is 4.96. The maximum atomic E-state index is 3.49. The van der Waals surface area contributed by atoms with Gasteiger partial charge in [0.2, 0.25) is 0 Å². The van der Waals surface area contributed by atoms with Gasteiger partial charge in [-0.1, -0.05) is 19.9 Å². The Hall–Kier alpha value is -0.380. The van der Waals surface area contributed by atoms with Gasteiger partial charge in [0.1, 0.15) is 0 Å². The zero-order chi connectivity index (χ0) is 11.8. The lowest BCUT2D eigenvalue weighted by Gasteiger charge is -2.27. The molecule has 0 spiro atoms. The number of rotatable bonds is 8. The average molecular weight is 240 g/mol. The SMILES string of the molecule is CCCNCC(C)N(CC)Cc1cccs1.